The molecule has 1 atom stereocenters. The van der Waals surface area contributed by atoms with E-state index in [1.54, 1.807) is 48.5 Å². The third-order valence-corrected chi connectivity index (χ3v) is 4.02. The number of Topliss-reactive ketones (excluding diaryl/α,β-unsaturated/α-hetero) is 1. The second-order valence-corrected chi connectivity index (χ2v) is 5.83. The number of carbonyl (C=O) groups excluding carboxylic acids is 2. The summed E-state index contributed by atoms with van der Waals surface area (Å²) in [7, 11) is 1.46. The number of nitrogens with zero attached hydrogens (tertiary/aromatic N) is 4. The third kappa shape index (κ3) is 3.34. The Morgan fingerprint density at radius 2 is 1.62 bits per heavy atom. The molecule has 1 N–H and O–H groups in total. The lowest BCUT2D eigenvalue weighted by Gasteiger charge is -2.24. The van der Waals surface area contributed by atoms with Crippen LogP contribution in [0.2, 0.25) is 0 Å². The van der Waals surface area contributed by atoms with E-state index in [9.17, 15) is 9.59 Å². The molecule has 3 rings (SSSR count). The molecule has 1 amide bonds. The second kappa shape index (κ2) is 7.22. The van der Waals surface area contributed by atoms with Crippen molar-refractivity contribution < 1.29 is 14.3 Å². The van der Waals surface area contributed by atoms with Crippen molar-refractivity contribution in [2.45, 2.75) is 12.6 Å². The van der Waals surface area contributed by atoms with Gasteiger partial charge in [0.1, 0.15) is 5.75 Å². The fraction of sp³-hybridized carbons (Fsp3) is 0.222. The van der Waals surface area contributed by atoms with Gasteiger partial charge in [-0.2, -0.15) is 0 Å². The van der Waals surface area contributed by atoms with Crippen molar-refractivity contribution in [3.05, 3.63) is 60.2 Å². The monoisotopic (exact) mass is 351 g/mol. The van der Waals surface area contributed by atoms with Crippen LogP contribution in [0, 0.1) is 5.92 Å². The van der Waals surface area contributed by atoms with E-state index in [1.807, 2.05) is 6.07 Å². The zero-order valence-corrected chi connectivity index (χ0v) is 14.3. The van der Waals surface area contributed by atoms with Crippen molar-refractivity contribution in [3.8, 4) is 5.75 Å². The molecule has 1 unspecified atom stereocenters. The maximum Gasteiger partial charge on any atom is 0.240 e. The molecular formula is C18H17N5O3. The number of amides is 1. The van der Waals surface area contributed by atoms with Crippen molar-refractivity contribution in [2.75, 3.05) is 12.4 Å². The van der Waals surface area contributed by atoms with Crippen molar-refractivity contribution >= 4 is 17.4 Å². The molecule has 0 spiro atoms. The Hall–Kier alpha value is -3.42. The van der Waals surface area contributed by atoms with Gasteiger partial charge in [0, 0.05) is 5.69 Å². The van der Waals surface area contributed by atoms with Gasteiger partial charge in [0.15, 0.2) is 11.7 Å². The van der Waals surface area contributed by atoms with Crippen molar-refractivity contribution in [1.82, 2.24) is 0 Å². The Bertz CT molecular complexity index is 867. The van der Waals surface area contributed by atoms with E-state index in [0.717, 1.165) is 0 Å². The van der Waals surface area contributed by atoms with E-state index in [2.05, 4.69) is 26.0 Å². The molecule has 8 heteroatoms. The summed E-state index contributed by atoms with van der Waals surface area (Å²) >= 11 is 0. The quantitative estimate of drug-likeness (QED) is 0.634. The van der Waals surface area contributed by atoms with Gasteiger partial charge >= 0.3 is 0 Å². The number of nitrogens with one attached hydrogen (secondary N) is 1. The third-order valence-electron chi connectivity index (χ3n) is 4.02. The number of ether oxygens (including phenoxy) is 1. The summed E-state index contributed by atoms with van der Waals surface area (Å²) < 4.78 is 5.25. The predicted octanol–water partition coefficient (Wildman–Crippen LogP) is 3.68. The number of carbonyl (C=O) groups is 2. The Kier molecular flexibility index (Phi) is 4.83. The number of hydrogen-bond acceptors (Lipinski definition) is 7. The zero-order chi connectivity index (χ0) is 18.6. The topological polar surface area (TPSA) is 105 Å². The molecule has 1 heterocycles. The zero-order valence-electron chi connectivity index (χ0n) is 14.3. The first kappa shape index (κ1) is 17.4. The maximum absolute atomic E-state index is 13.2. The average Bonchev–Trinajstić information content (AvgIpc) is 3.09. The summed E-state index contributed by atoms with van der Waals surface area (Å²) in [6.45, 7) is 1.54. The molecule has 0 saturated carbocycles. The lowest BCUT2D eigenvalue weighted by molar-refractivity contribution is -0.120. The first-order valence-electron chi connectivity index (χ1n) is 7.92. The molecule has 0 saturated heterocycles. The summed E-state index contributed by atoms with van der Waals surface area (Å²) in [5.74, 6) is -1.91. The van der Waals surface area contributed by atoms with Crippen LogP contribution in [0.4, 0.5) is 5.69 Å². The lowest BCUT2D eigenvalue weighted by atomic mass is 9.86. The van der Waals surface area contributed by atoms with E-state index < -0.39 is 23.3 Å². The van der Waals surface area contributed by atoms with Gasteiger partial charge < -0.3 is 10.1 Å². The number of benzene rings is 2. The summed E-state index contributed by atoms with van der Waals surface area (Å²) in [5.41, 5.74) is -0.593. The van der Waals surface area contributed by atoms with Crippen molar-refractivity contribution in [3.63, 3.8) is 0 Å². The standard InChI is InChI=1S/C18H17N5O3/c1-18(20-22-23-21-18)15(17(25)19-12-8-4-3-5-9-12)16(24)13-10-6-7-11-14(13)26-2/h3-11,15H,1-2H3,(H,19,25). The van der Waals surface area contributed by atoms with Crippen LogP contribution in [-0.2, 0) is 4.79 Å². The van der Waals surface area contributed by atoms with E-state index in [4.69, 9.17) is 4.74 Å². The van der Waals surface area contributed by atoms with Gasteiger partial charge in [0.05, 0.1) is 12.7 Å². The molecule has 2 aromatic rings. The number of ketones is 1. The number of para-hydroxylation sites is 2. The molecule has 1 aliphatic heterocycles. The molecule has 0 aliphatic carbocycles. The minimum absolute atomic E-state index is 0.265. The highest BCUT2D eigenvalue weighted by Gasteiger charge is 2.48. The summed E-state index contributed by atoms with van der Waals surface area (Å²) in [6, 6.07) is 15.5. The van der Waals surface area contributed by atoms with Crippen LogP contribution in [0.25, 0.3) is 0 Å². The molecule has 8 nitrogen and oxygen atoms in total. The molecule has 2 aromatic carbocycles. The smallest absolute Gasteiger partial charge is 0.240 e. The average molecular weight is 351 g/mol. The van der Waals surface area contributed by atoms with Crippen LogP contribution in [0.1, 0.15) is 17.3 Å². The molecule has 132 valence electrons. The Labute approximate surface area is 150 Å². The Balaban J connectivity index is 1.99. The van der Waals surface area contributed by atoms with Gasteiger partial charge in [0.2, 0.25) is 11.6 Å². The summed E-state index contributed by atoms with van der Waals surface area (Å²) in [5, 5.41) is 17.5. The first-order valence-corrected chi connectivity index (χ1v) is 7.92. The fourth-order valence-corrected chi connectivity index (χ4v) is 2.71. The van der Waals surface area contributed by atoms with Crippen LogP contribution >= 0.6 is 0 Å². The molecule has 0 aromatic heterocycles. The minimum Gasteiger partial charge on any atom is -0.496 e. The van der Waals surface area contributed by atoms with Crippen LogP contribution < -0.4 is 10.1 Å². The molecule has 0 fully saturated rings. The van der Waals surface area contributed by atoms with Gasteiger partial charge in [-0.1, -0.05) is 30.3 Å². The van der Waals surface area contributed by atoms with E-state index in [1.165, 1.54) is 14.0 Å². The van der Waals surface area contributed by atoms with Crippen molar-refractivity contribution in [2.24, 2.45) is 26.6 Å². The first-order chi connectivity index (χ1) is 12.5. The highest BCUT2D eigenvalue weighted by atomic mass is 16.5. The molecular weight excluding hydrogens is 334 g/mol. The Morgan fingerprint density at radius 3 is 2.27 bits per heavy atom. The highest BCUT2D eigenvalue weighted by Crippen LogP contribution is 2.34. The lowest BCUT2D eigenvalue weighted by Crippen LogP contribution is -2.44. The summed E-state index contributed by atoms with van der Waals surface area (Å²) in [4.78, 5) is 26.1. The number of anilines is 1. The molecule has 1 aliphatic rings. The SMILES string of the molecule is COc1ccccc1C(=O)C(C(=O)Nc1ccccc1)C1(C)N=NN=N1. The largest absolute Gasteiger partial charge is 0.496 e. The number of rotatable bonds is 6. The van der Waals surface area contributed by atoms with Crippen molar-refractivity contribution in [1.29, 1.82) is 0 Å². The van der Waals surface area contributed by atoms with Gasteiger partial charge in [-0.15, -0.1) is 10.2 Å². The second-order valence-electron chi connectivity index (χ2n) is 5.83. The van der Waals surface area contributed by atoms with Gasteiger partial charge in [-0.25, -0.2) is 0 Å². The highest BCUT2D eigenvalue weighted by molar-refractivity contribution is 6.15. The minimum atomic E-state index is -1.42. The van der Waals surface area contributed by atoms with Crippen LogP contribution in [0.5, 0.6) is 5.75 Å². The van der Waals surface area contributed by atoms with Gasteiger partial charge in [-0.3, -0.25) is 9.59 Å². The maximum atomic E-state index is 13.2. The predicted molar refractivity (Wildman–Crippen MR) is 94.0 cm³/mol. The number of hydrogen-bond donors (Lipinski definition) is 1. The molecule has 26 heavy (non-hydrogen) atoms. The van der Waals surface area contributed by atoms with Crippen LogP contribution in [0.15, 0.2) is 75.3 Å². The van der Waals surface area contributed by atoms with Crippen LogP contribution in [-0.4, -0.2) is 24.5 Å². The molecule has 0 bridgehead atoms. The number of methoxy groups -OCH3 is 1. The van der Waals surface area contributed by atoms with Gasteiger partial charge in [0.25, 0.3) is 0 Å². The van der Waals surface area contributed by atoms with E-state index in [-0.39, 0.29) is 5.56 Å². The summed E-state index contributed by atoms with van der Waals surface area (Å²) in [6.07, 6.45) is 0. The molecule has 0 radical (unpaired) electrons. The normalized spacial score (nSPS) is 15.5. The van der Waals surface area contributed by atoms with E-state index in [0.29, 0.717) is 11.4 Å². The van der Waals surface area contributed by atoms with Gasteiger partial charge in [-0.05, 0) is 41.6 Å². The van der Waals surface area contributed by atoms with E-state index >= 15 is 0 Å². The fourth-order valence-electron chi connectivity index (χ4n) is 2.71. The Morgan fingerprint density at radius 1 is 1.00 bits per heavy atom. The van der Waals surface area contributed by atoms with Crippen LogP contribution in [0.3, 0.4) is 0 Å².